The van der Waals surface area contributed by atoms with Gasteiger partial charge >= 0.3 is 0 Å². The summed E-state index contributed by atoms with van der Waals surface area (Å²) < 4.78 is 0. The van der Waals surface area contributed by atoms with Crippen LogP contribution in [0.5, 0.6) is 0 Å². The van der Waals surface area contributed by atoms with Gasteiger partial charge in [0.05, 0.1) is 6.04 Å². The van der Waals surface area contributed by atoms with E-state index in [1.165, 1.54) is 17.7 Å². The molecular formula is C12H15NOS. The smallest absolute Gasteiger partial charge is 0.179 e. The normalized spacial score (nSPS) is 17.5. The van der Waals surface area contributed by atoms with Crippen LogP contribution in [-0.2, 0) is 0 Å². The molecular weight excluding hydrogens is 206 g/mol. The van der Waals surface area contributed by atoms with E-state index < -0.39 is 6.04 Å². The molecule has 1 unspecified atom stereocenters. The number of thioether (sulfide) groups is 1. The third kappa shape index (κ3) is 2.83. The molecule has 1 fully saturated rings. The Labute approximate surface area is 94.2 Å². The van der Waals surface area contributed by atoms with Crippen LogP contribution in [0.4, 0.5) is 0 Å². The fourth-order valence-corrected chi connectivity index (χ4v) is 2.39. The molecule has 1 aromatic rings. The summed E-state index contributed by atoms with van der Waals surface area (Å²) in [4.78, 5) is 12.8. The van der Waals surface area contributed by atoms with Crippen molar-refractivity contribution >= 4 is 17.5 Å². The zero-order chi connectivity index (χ0) is 10.8. The second-order valence-corrected chi connectivity index (χ2v) is 5.37. The monoisotopic (exact) mass is 221 g/mol. The maximum Gasteiger partial charge on any atom is 0.179 e. The molecule has 0 heterocycles. The van der Waals surface area contributed by atoms with Crippen LogP contribution in [0.15, 0.2) is 29.2 Å². The molecule has 0 saturated heterocycles. The van der Waals surface area contributed by atoms with Gasteiger partial charge in [-0.3, -0.25) is 4.79 Å². The van der Waals surface area contributed by atoms with E-state index in [0.717, 1.165) is 5.25 Å². The van der Waals surface area contributed by atoms with Crippen molar-refractivity contribution in [3.8, 4) is 0 Å². The lowest BCUT2D eigenvalue weighted by Gasteiger charge is -2.05. The lowest BCUT2D eigenvalue weighted by atomic mass is 10.1. The Bertz CT molecular complexity index is 354. The molecule has 2 N–H and O–H groups in total. The van der Waals surface area contributed by atoms with Gasteiger partial charge in [-0.1, -0.05) is 12.1 Å². The van der Waals surface area contributed by atoms with Gasteiger partial charge in [-0.25, -0.2) is 0 Å². The number of Topliss-reactive ketones (excluding diaryl/α,β-unsaturated/α-hetero) is 1. The average molecular weight is 221 g/mol. The van der Waals surface area contributed by atoms with E-state index in [1.54, 1.807) is 6.92 Å². The number of hydrogen-bond acceptors (Lipinski definition) is 3. The number of ketones is 1. The van der Waals surface area contributed by atoms with Gasteiger partial charge in [0.15, 0.2) is 5.78 Å². The molecule has 0 bridgehead atoms. The third-order valence-corrected chi connectivity index (χ3v) is 3.73. The summed E-state index contributed by atoms with van der Waals surface area (Å²) in [6, 6.07) is 7.36. The van der Waals surface area contributed by atoms with Crippen molar-refractivity contribution in [3.63, 3.8) is 0 Å². The van der Waals surface area contributed by atoms with E-state index in [0.29, 0.717) is 5.56 Å². The lowest BCUT2D eigenvalue weighted by molar-refractivity contribution is 0.0968. The van der Waals surface area contributed by atoms with E-state index in [9.17, 15) is 4.79 Å². The van der Waals surface area contributed by atoms with Crippen molar-refractivity contribution in [2.24, 2.45) is 5.73 Å². The average Bonchev–Trinajstić information content (AvgIpc) is 3.02. The van der Waals surface area contributed by atoms with Gasteiger partial charge in [-0.05, 0) is 31.9 Å². The molecule has 0 amide bonds. The second kappa shape index (κ2) is 4.37. The topological polar surface area (TPSA) is 43.1 Å². The minimum absolute atomic E-state index is 0.0120. The molecule has 3 heteroatoms. The summed E-state index contributed by atoms with van der Waals surface area (Å²) in [5, 5.41) is 0.806. The Balaban J connectivity index is 2.05. The molecule has 1 atom stereocenters. The Hall–Kier alpha value is -0.800. The summed E-state index contributed by atoms with van der Waals surface area (Å²) in [5.74, 6) is 0.0120. The molecule has 80 valence electrons. The summed E-state index contributed by atoms with van der Waals surface area (Å²) in [5.41, 5.74) is 6.26. The minimum atomic E-state index is -0.410. The maximum atomic E-state index is 11.6. The van der Waals surface area contributed by atoms with Gasteiger partial charge in [0.2, 0.25) is 0 Å². The van der Waals surface area contributed by atoms with Crippen molar-refractivity contribution in [2.75, 3.05) is 0 Å². The highest BCUT2D eigenvalue weighted by Gasteiger charge is 2.22. The molecule has 2 rings (SSSR count). The highest BCUT2D eigenvalue weighted by atomic mass is 32.2. The van der Waals surface area contributed by atoms with Crippen LogP contribution < -0.4 is 5.73 Å². The fourth-order valence-electron chi connectivity index (χ4n) is 1.34. The molecule has 1 saturated carbocycles. The molecule has 15 heavy (non-hydrogen) atoms. The summed E-state index contributed by atoms with van der Waals surface area (Å²) in [6.45, 7) is 1.72. The highest BCUT2D eigenvalue weighted by Crippen LogP contribution is 2.38. The first-order valence-electron chi connectivity index (χ1n) is 5.23. The van der Waals surface area contributed by atoms with Crippen LogP contribution in [0.1, 0.15) is 30.1 Å². The molecule has 0 spiro atoms. The van der Waals surface area contributed by atoms with Crippen LogP contribution >= 0.6 is 11.8 Å². The Morgan fingerprint density at radius 3 is 2.47 bits per heavy atom. The third-order valence-electron chi connectivity index (χ3n) is 2.38. The van der Waals surface area contributed by atoms with Crippen molar-refractivity contribution in [3.05, 3.63) is 29.8 Å². The lowest BCUT2D eigenvalue weighted by Crippen LogP contribution is -2.26. The predicted molar refractivity (Wildman–Crippen MR) is 63.3 cm³/mol. The van der Waals surface area contributed by atoms with E-state index >= 15 is 0 Å². The minimum Gasteiger partial charge on any atom is -0.321 e. The van der Waals surface area contributed by atoms with Gasteiger partial charge in [-0.2, -0.15) is 0 Å². The largest absolute Gasteiger partial charge is 0.321 e. The molecule has 0 aromatic heterocycles. The van der Waals surface area contributed by atoms with Crippen molar-refractivity contribution in [1.82, 2.24) is 0 Å². The molecule has 0 radical (unpaired) electrons. The first kappa shape index (κ1) is 10.7. The van der Waals surface area contributed by atoms with Crippen LogP contribution in [0.25, 0.3) is 0 Å². The zero-order valence-corrected chi connectivity index (χ0v) is 9.59. The van der Waals surface area contributed by atoms with Crippen LogP contribution in [0.3, 0.4) is 0 Å². The van der Waals surface area contributed by atoms with Gasteiger partial charge < -0.3 is 5.73 Å². The Kier molecular flexibility index (Phi) is 3.12. The number of carbonyl (C=O) groups is 1. The number of benzene rings is 1. The van der Waals surface area contributed by atoms with Crippen LogP contribution in [0, 0.1) is 0 Å². The Morgan fingerprint density at radius 2 is 2.00 bits per heavy atom. The quantitative estimate of drug-likeness (QED) is 0.794. The van der Waals surface area contributed by atoms with Crippen molar-refractivity contribution in [2.45, 2.75) is 36.0 Å². The summed E-state index contributed by atoms with van der Waals surface area (Å²) in [7, 11) is 0. The van der Waals surface area contributed by atoms with E-state index in [-0.39, 0.29) is 5.78 Å². The highest BCUT2D eigenvalue weighted by molar-refractivity contribution is 8.00. The molecule has 0 aliphatic heterocycles. The number of rotatable bonds is 4. The van der Waals surface area contributed by atoms with E-state index in [1.807, 2.05) is 36.0 Å². The van der Waals surface area contributed by atoms with Crippen LogP contribution in [0.2, 0.25) is 0 Å². The Morgan fingerprint density at radius 1 is 1.40 bits per heavy atom. The van der Waals surface area contributed by atoms with Gasteiger partial charge in [0, 0.05) is 15.7 Å². The fraction of sp³-hybridized carbons (Fsp3) is 0.417. The number of nitrogens with two attached hydrogens (primary N) is 1. The molecule has 2 nitrogen and oxygen atoms in total. The zero-order valence-electron chi connectivity index (χ0n) is 8.77. The summed E-state index contributed by atoms with van der Waals surface area (Å²) >= 11 is 1.90. The predicted octanol–water partition coefficient (Wildman–Crippen LogP) is 2.47. The first-order valence-corrected chi connectivity index (χ1v) is 6.11. The molecule has 1 aliphatic rings. The van der Waals surface area contributed by atoms with Crippen molar-refractivity contribution < 1.29 is 4.79 Å². The van der Waals surface area contributed by atoms with E-state index in [2.05, 4.69) is 0 Å². The first-order chi connectivity index (χ1) is 7.16. The molecule has 1 aliphatic carbocycles. The number of hydrogen-bond donors (Lipinski definition) is 1. The molecule has 1 aromatic carbocycles. The number of carbonyl (C=O) groups excluding carboxylic acids is 1. The van der Waals surface area contributed by atoms with Gasteiger partial charge in [0.1, 0.15) is 0 Å². The second-order valence-electron chi connectivity index (χ2n) is 3.99. The van der Waals surface area contributed by atoms with Crippen molar-refractivity contribution in [1.29, 1.82) is 0 Å². The standard InChI is InChI=1S/C12H15NOS/c1-8(13)12(14)9-2-4-10(5-3-9)15-11-6-7-11/h2-5,8,11H,6-7,13H2,1H3. The summed E-state index contributed by atoms with van der Waals surface area (Å²) in [6.07, 6.45) is 2.65. The van der Waals surface area contributed by atoms with Gasteiger partial charge in [-0.15, -0.1) is 11.8 Å². The van der Waals surface area contributed by atoms with Gasteiger partial charge in [0.25, 0.3) is 0 Å². The van der Waals surface area contributed by atoms with E-state index in [4.69, 9.17) is 5.73 Å². The SMILES string of the molecule is CC(N)C(=O)c1ccc(SC2CC2)cc1. The maximum absolute atomic E-state index is 11.6. The van der Waals surface area contributed by atoms with Crippen LogP contribution in [-0.4, -0.2) is 17.1 Å².